The minimum atomic E-state index is -4.85. The fraction of sp³-hybridized carbons (Fsp3) is 0.167. The van der Waals surface area contributed by atoms with Crippen LogP contribution in [0.1, 0.15) is 16.7 Å². The molecule has 0 radical (unpaired) electrons. The van der Waals surface area contributed by atoms with Crippen molar-refractivity contribution >= 4 is 38.7 Å². The maximum Gasteiger partial charge on any atom is 0.416 e. The Morgan fingerprint density at radius 2 is 1.69 bits per heavy atom. The molecule has 2 heterocycles. The van der Waals surface area contributed by atoms with Crippen molar-refractivity contribution in [1.82, 2.24) is 0 Å². The maximum absolute atomic E-state index is 14.2. The first-order valence-corrected chi connectivity index (χ1v) is 12.6. The van der Waals surface area contributed by atoms with Crippen molar-refractivity contribution < 1.29 is 44.9 Å². The van der Waals surface area contributed by atoms with E-state index in [9.17, 15) is 50.1 Å². The van der Waals surface area contributed by atoms with Crippen LogP contribution >= 0.6 is 0 Å². The Hall–Kier alpha value is -4.40. The van der Waals surface area contributed by atoms with Crippen LogP contribution in [0.2, 0.25) is 0 Å². The van der Waals surface area contributed by atoms with Gasteiger partial charge in [0.25, 0.3) is 16.5 Å². The number of carbonyl (C=O) groups is 2. The van der Waals surface area contributed by atoms with Crippen LogP contribution in [0.5, 0.6) is 0 Å². The third kappa shape index (κ3) is 3.83. The summed E-state index contributed by atoms with van der Waals surface area (Å²) in [4.78, 5) is 36.0. The van der Waals surface area contributed by atoms with Crippen LogP contribution in [0.25, 0.3) is 0 Å². The van der Waals surface area contributed by atoms with Crippen molar-refractivity contribution in [3.05, 3.63) is 99.1 Å². The Morgan fingerprint density at radius 3 is 2.33 bits per heavy atom. The zero-order chi connectivity index (χ0) is 28.5. The molecule has 9 nitrogen and oxygen atoms in total. The molecule has 0 N–H and O–H groups in total. The Balaban J connectivity index is 1.76. The van der Waals surface area contributed by atoms with Gasteiger partial charge >= 0.3 is 6.18 Å². The molecular weight excluding hydrogens is 553 g/mol. The molecule has 39 heavy (non-hydrogen) atoms. The van der Waals surface area contributed by atoms with E-state index in [1.807, 2.05) is 0 Å². The summed E-state index contributed by atoms with van der Waals surface area (Å²) >= 11 is 0. The minimum Gasteiger partial charge on any atom is -0.304 e. The Labute approximate surface area is 216 Å². The van der Waals surface area contributed by atoms with Crippen LogP contribution in [0, 0.1) is 21.7 Å². The largest absolute Gasteiger partial charge is 0.416 e. The standard InChI is InChI=1S/C24H14F5N3O6S/c25-18-6-4-15(10-19(18)26)31-21(33)12-39(37,38)23(31)17-9-16(32(35)36)5-7-20(17)30(22(23)34)11-13-2-1-3-14(8-13)24(27,28)29/h1-10H,11-12H2/t23-/m0/s1. The van der Waals surface area contributed by atoms with Crippen LogP contribution < -0.4 is 9.80 Å². The molecule has 1 saturated heterocycles. The molecule has 2 aliphatic heterocycles. The van der Waals surface area contributed by atoms with E-state index in [0.29, 0.717) is 17.0 Å². The van der Waals surface area contributed by atoms with E-state index in [1.165, 1.54) is 6.07 Å². The van der Waals surface area contributed by atoms with Crippen molar-refractivity contribution in [2.45, 2.75) is 17.6 Å². The summed E-state index contributed by atoms with van der Waals surface area (Å²) in [6, 6.07) is 8.57. The van der Waals surface area contributed by atoms with Crippen LogP contribution in [-0.2, 0) is 37.0 Å². The summed E-state index contributed by atoms with van der Waals surface area (Å²) in [5, 5.41) is 11.5. The van der Waals surface area contributed by atoms with Crippen molar-refractivity contribution in [1.29, 1.82) is 0 Å². The van der Waals surface area contributed by atoms with Gasteiger partial charge in [-0.1, -0.05) is 12.1 Å². The number of carbonyl (C=O) groups excluding carboxylic acids is 2. The lowest BCUT2D eigenvalue weighted by Gasteiger charge is -2.32. The number of sulfone groups is 1. The van der Waals surface area contributed by atoms with E-state index in [1.54, 1.807) is 0 Å². The number of hydrogen-bond acceptors (Lipinski definition) is 6. The number of fused-ring (bicyclic) bond motifs is 2. The van der Waals surface area contributed by atoms with Gasteiger partial charge in [-0.3, -0.25) is 24.6 Å². The summed E-state index contributed by atoms with van der Waals surface area (Å²) in [6.07, 6.45) is -4.73. The SMILES string of the molecule is O=C1CS(=O)(=O)[C@@]2(C(=O)N(Cc3cccc(C(F)(F)F)c3)c3ccc([N+](=O)[O-])cc32)N1c1ccc(F)c(F)c1. The van der Waals surface area contributed by atoms with E-state index in [0.717, 1.165) is 47.4 Å². The van der Waals surface area contributed by atoms with Gasteiger partial charge in [0.2, 0.25) is 5.91 Å². The van der Waals surface area contributed by atoms with Crippen LogP contribution in [0.3, 0.4) is 0 Å². The zero-order valence-electron chi connectivity index (χ0n) is 19.3. The lowest BCUT2D eigenvalue weighted by molar-refractivity contribution is -0.384. The lowest BCUT2D eigenvalue weighted by atomic mass is 10.0. The second-order valence-corrected chi connectivity index (χ2v) is 10.9. The Bertz CT molecular complexity index is 1690. The molecular formula is C24H14F5N3O6S. The third-order valence-electron chi connectivity index (χ3n) is 6.47. The van der Waals surface area contributed by atoms with Gasteiger partial charge in [0.1, 0.15) is 5.75 Å². The van der Waals surface area contributed by atoms with Crippen molar-refractivity contribution in [3.8, 4) is 0 Å². The first-order valence-electron chi connectivity index (χ1n) is 11.0. The number of nitro groups is 1. The second-order valence-electron chi connectivity index (χ2n) is 8.78. The molecule has 2 amide bonds. The summed E-state index contributed by atoms with van der Waals surface area (Å²) in [5.41, 5.74) is -3.04. The number of amides is 2. The number of nitro benzene ring substituents is 1. The molecule has 2 aliphatic rings. The molecule has 15 heteroatoms. The highest BCUT2D eigenvalue weighted by atomic mass is 32.2. The van der Waals surface area contributed by atoms with E-state index in [-0.39, 0.29) is 11.3 Å². The highest BCUT2D eigenvalue weighted by Crippen LogP contribution is 2.53. The van der Waals surface area contributed by atoms with Gasteiger partial charge in [0, 0.05) is 29.4 Å². The Kier molecular flexibility index (Phi) is 5.75. The number of benzene rings is 3. The molecule has 1 atom stereocenters. The van der Waals surface area contributed by atoms with Gasteiger partial charge < -0.3 is 4.90 Å². The monoisotopic (exact) mass is 567 g/mol. The van der Waals surface area contributed by atoms with Crippen LogP contribution in [0.4, 0.5) is 39.0 Å². The highest BCUT2D eigenvalue weighted by molar-refractivity contribution is 7.94. The van der Waals surface area contributed by atoms with Gasteiger partial charge in [-0.25, -0.2) is 17.2 Å². The number of nitrogens with zero attached hydrogens (tertiary/aromatic N) is 3. The average molecular weight is 567 g/mol. The topological polar surface area (TPSA) is 118 Å². The number of non-ortho nitro benzene ring substituents is 1. The number of hydrogen-bond donors (Lipinski definition) is 0. The molecule has 1 spiro atoms. The number of alkyl halides is 3. The molecule has 202 valence electrons. The van der Waals surface area contributed by atoms with Crippen molar-refractivity contribution in [3.63, 3.8) is 0 Å². The molecule has 3 aromatic rings. The minimum absolute atomic E-state index is 0.0689. The summed E-state index contributed by atoms with van der Waals surface area (Å²) in [5.74, 6) is -6.58. The van der Waals surface area contributed by atoms with E-state index in [2.05, 4.69) is 0 Å². The van der Waals surface area contributed by atoms with Gasteiger partial charge in [0.05, 0.1) is 22.7 Å². The number of halogens is 5. The second kappa shape index (κ2) is 8.56. The third-order valence-corrected chi connectivity index (χ3v) is 8.57. The fourth-order valence-electron chi connectivity index (χ4n) is 4.85. The summed E-state index contributed by atoms with van der Waals surface area (Å²) in [7, 11) is -4.85. The predicted octanol–water partition coefficient (Wildman–Crippen LogP) is 4.05. The normalized spacial score (nSPS) is 20.1. The molecule has 5 rings (SSSR count). The number of anilines is 2. The summed E-state index contributed by atoms with van der Waals surface area (Å²) < 4.78 is 94.8. The van der Waals surface area contributed by atoms with Crippen molar-refractivity contribution in [2.24, 2.45) is 0 Å². The van der Waals surface area contributed by atoms with Gasteiger partial charge in [0.15, 0.2) is 21.5 Å². The van der Waals surface area contributed by atoms with Crippen LogP contribution in [-0.4, -0.2) is 30.9 Å². The van der Waals surface area contributed by atoms with E-state index in [4.69, 9.17) is 0 Å². The van der Waals surface area contributed by atoms with Gasteiger partial charge in [-0.05, 0) is 35.9 Å². The molecule has 0 saturated carbocycles. The highest BCUT2D eigenvalue weighted by Gasteiger charge is 2.70. The fourth-order valence-corrected chi connectivity index (χ4v) is 6.87. The molecule has 3 aromatic carbocycles. The smallest absolute Gasteiger partial charge is 0.304 e. The summed E-state index contributed by atoms with van der Waals surface area (Å²) in [6.45, 7) is -0.607. The number of rotatable bonds is 4. The average Bonchev–Trinajstić information content (AvgIpc) is 3.22. The maximum atomic E-state index is 14.2. The van der Waals surface area contributed by atoms with E-state index < -0.39 is 84.1 Å². The van der Waals surface area contributed by atoms with Gasteiger partial charge in [-0.15, -0.1) is 0 Å². The quantitative estimate of drug-likeness (QED) is 0.267. The zero-order valence-corrected chi connectivity index (χ0v) is 20.1. The van der Waals surface area contributed by atoms with Gasteiger partial charge in [-0.2, -0.15) is 13.2 Å². The molecule has 0 aromatic heterocycles. The molecule has 0 bridgehead atoms. The van der Waals surface area contributed by atoms with E-state index >= 15 is 0 Å². The first-order chi connectivity index (χ1) is 18.2. The lowest BCUT2D eigenvalue weighted by Crippen LogP contribution is -2.54. The van der Waals surface area contributed by atoms with Crippen molar-refractivity contribution in [2.75, 3.05) is 15.6 Å². The Morgan fingerprint density at radius 1 is 0.974 bits per heavy atom. The molecule has 0 aliphatic carbocycles. The first kappa shape index (κ1) is 26.2. The molecule has 0 unspecified atom stereocenters. The molecule has 1 fully saturated rings. The van der Waals surface area contributed by atoms with Crippen LogP contribution in [0.15, 0.2) is 60.7 Å². The predicted molar refractivity (Wildman–Crippen MR) is 125 cm³/mol.